The van der Waals surface area contributed by atoms with Crippen molar-refractivity contribution in [2.75, 3.05) is 23.8 Å². The number of carbonyl (C=O) groups excluding carboxylic acids is 1. The fourth-order valence-electron chi connectivity index (χ4n) is 3.27. The highest BCUT2D eigenvalue weighted by atomic mass is 16.3. The van der Waals surface area contributed by atoms with Crippen molar-refractivity contribution in [3.05, 3.63) is 47.5 Å². The van der Waals surface area contributed by atoms with Crippen LogP contribution in [0.25, 0.3) is 0 Å². The Balaban J connectivity index is 1.66. The van der Waals surface area contributed by atoms with Crippen molar-refractivity contribution >= 4 is 17.3 Å². The summed E-state index contributed by atoms with van der Waals surface area (Å²) in [7, 11) is 2.09. The molecule has 3 rings (SSSR count). The molecule has 2 aromatic rings. The van der Waals surface area contributed by atoms with Crippen LogP contribution in [0.15, 0.2) is 36.4 Å². The number of nitrogens with one attached hydrogen (secondary N) is 1. The summed E-state index contributed by atoms with van der Waals surface area (Å²) in [5.74, 6) is -0.622. The van der Waals surface area contributed by atoms with Crippen molar-refractivity contribution in [1.29, 1.82) is 0 Å². The van der Waals surface area contributed by atoms with Gasteiger partial charge in [-0.05, 0) is 60.7 Å². The molecule has 0 fully saturated rings. The minimum atomic E-state index is -0.248. The first kappa shape index (κ1) is 17.1. The highest BCUT2D eigenvalue weighted by Gasteiger charge is 2.17. The quantitative estimate of drug-likeness (QED) is 0.747. The Hall–Kier alpha value is -2.69. The van der Waals surface area contributed by atoms with Gasteiger partial charge in [0.05, 0.1) is 0 Å². The van der Waals surface area contributed by atoms with Gasteiger partial charge in [0.15, 0.2) is 11.5 Å². The third-order valence-electron chi connectivity index (χ3n) is 4.73. The second-order valence-corrected chi connectivity index (χ2v) is 6.79. The topological polar surface area (TPSA) is 72.8 Å². The van der Waals surface area contributed by atoms with E-state index in [9.17, 15) is 15.0 Å². The number of hydrogen-bond donors (Lipinski definition) is 3. The molecule has 0 radical (unpaired) electrons. The Labute approximate surface area is 147 Å². The van der Waals surface area contributed by atoms with Gasteiger partial charge in [0, 0.05) is 30.9 Å². The highest BCUT2D eigenvalue weighted by molar-refractivity contribution is 5.92. The molecule has 0 aliphatic carbocycles. The van der Waals surface area contributed by atoms with Gasteiger partial charge in [-0.15, -0.1) is 0 Å². The third-order valence-corrected chi connectivity index (χ3v) is 4.73. The summed E-state index contributed by atoms with van der Waals surface area (Å²) in [5, 5.41) is 21.9. The largest absolute Gasteiger partial charge is 0.504 e. The van der Waals surface area contributed by atoms with Gasteiger partial charge in [-0.3, -0.25) is 4.79 Å². The second kappa shape index (κ2) is 7.05. The molecule has 0 spiro atoms. The molecule has 5 nitrogen and oxygen atoms in total. The molecule has 25 heavy (non-hydrogen) atoms. The lowest BCUT2D eigenvalue weighted by molar-refractivity contribution is -0.119. The van der Waals surface area contributed by atoms with E-state index in [4.69, 9.17) is 0 Å². The zero-order valence-corrected chi connectivity index (χ0v) is 14.6. The molecule has 3 N–H and O–H groups in total. The summed E-state index contributed by atoms with van der Waals surface area (Å²) < 4.78 is 0. The number of amides is 1. The van der Waals surface area contributed by atoms with Gasteiger partial charge >= 0.3 is 0 Å². The van der Waals surface area contributed by atoms with Crippen LogP contribution in [0.2, 0.25) is 0 Å². The first-order chi connectivity index (χ1) is 11.9. The van der Waals surface area contributed by atoms with E-state index in [1.54, 1.807) is 6.07 Å². The molecule has 1 amide bonds. The monoisotopic (exact) mass is 340 g/mol. The number of fused-ring (bicyclic) bond motifs is 1. The average Bonchev–Trinajstić information content (AvgIpc) is 2.58. The minimum Gasteiger partial charge on any atom is -0.504 e. The zero-order chi connectivity index (χ0) is 18.0. The fraction of sp³-hybridized carbons (Fsp3) is 0.350. The van der Waals surface area contributed by atoms with Crippen LogP contribution in [0.4, 0.5) is 11.4 Å². The molecule has 5 heteroatoms. The molecule has 0 saturated heterocycles. The van der Waals surface area contributed by atoms with Crippen molar-refractivity contribution in [3.8, 4) is 11.5 Å². The molecule has 1 aliphatic rings. The van der Waals surface area contributed by atoms with Gasteiger partial charge in [-0.1, -0.05) is 13.0 Å². The molecule has 1 aliphatic heterocycles. The standard InChI is InChI=1S/C20H24N2O3/c1-13(10-14-5-8-18(23)19(24)11-14)20(25)21-16-6-7-17-15(12-16)4-3-9-22(17)2/h5-8,11-13,23-24H,3-4,9-10H2,1-2H3,(H,21,25). The number of anilines is 2. The molecule has 0 saturated carbocycles. The van der Waals surface area contributed by atoms with E-state index >= 15 is 0 Å². The van der Waals surface area contributed by atoms with Crippen LogP contribution < -0.4 is 10.2 Å². The Morgan fingerprint density at radius 2 is 2.00 bits per heavy atom. The predicted octanol–water partition coefficient (Wildman–Crippen LogP) is 3.30. The van der Waals surface area contributed by atoms with Crippen molar-refractivity contribution in [3.63, 3.8) is 0 Å². The summed E-state index contributed by atoms with van der Waals surface area (Å²) in [6, 6.07) is 10.7. The third kappa shape index (κ3) is 3.87. The molecule has 2 aromatic carbocycles. The van der Waals surface area contributed by atoms with E-state index in [1.807, 2.05) is 13.0 Å². The lowest BCUT2D eigenvalue weighted by Gasteiger charge is -2.28. The molecular weight excluding hydrogens is 316 g/mol. The Morgan fingerprint density at radius 3 is 2.76 bits per heavy atom. The molecule has 1 unspecified atom stereocenters. The van der Waals surface area contributed by atoms with Gasteiger partial charge in [0.1, 0.15) is 0 Å². The van der Waals surface area contributed by atoms with Gasteiger partial charge < -0.3 is 20.4 Å². The number of aromatic hydroxyl groups is 2. The maximum atomic E-state index is 12.5. The molecule has 132 valence electrons. The van der Waals surface area contributed by atoms with E-state index < -0.39 is 0 Å². The van der Waals surface area contributed by atoms with Gasteiger partial charge in [0.25, 0.3) is 0 Å². The van der Waals surface area contributed by atoms with E-state index in [0.29, 0.717) is 6.42 Å². The molecule has 1 atom stereocenters. The Morgan fingerprint density at radius 1 is 1.20 bits per heavy atom. The minimum absolute atomic E-state index is 0.0586. The van der Waals surface area contributed by atoms with Crippen molar-refractivity contribution in [2.45, 2.75) is 26.2 Å². The highest BCUT2D eigenvalue weighted by Crippen LogP contribution is 2.29. The summed E-state index contributed by atoms with van der Waals surface area (Å²) in [6.45, 7) is 2.92. The van der Waals surface area contributed by atoms with Crippen LogP contribution in [-0.4, -0.2) is 29.7 Å². The van der Waals surface area contributed by atoms with Gasteiger partial charge in [-0.25, -0.2) is 0 Å². The van der Waals surface area contributed by atoms with Crippen LogP contribution in [-0.2, 0) is 17.6 Å². The predicted molar refractivity (Wildman–Crippen MR) is 99.3 cm³/mol. The number of aryl methyl sites for hydroxylation is 1. The lowest BCUT2D eigenvalue weighted by atomic mass is 9.99. The SMILES string of the molecule is CC(Cc1ccc(O)c(O)c1)C(=O)Nc1ccc2c(c1)CCCN2C. The van der Waals surface area contributed by atoms with Crippen LogP contribution >= 0.6 is 0 Å². The van der Waals surface area contributed by atoms with Crippen LogP contribution in [0.1, 0.15) is 24.5 Å². The number of hydrogen-bond acceptors (Lipinski definition) is 4. The summed E-state index contributed by atoms with van der Waals surface area (Å²) in [4.78, 5) is 14.7. The first-order valence-electron chi connectivity index (χ1n) is 8.60. The zero-order valence-electron chi connectivity index (χ0n) is 14.6. The van der Waals surface area contributed by atoms with Crippen molar-refractivity contribution < 1.29 is 15.0 Å². The maximum Gasteiger partial charge on any atom is 0.227 e. The maximum absolute atomic E-state index is 12.5. The van der Waals surface area contributed by atoms with E-state index in [2.05, 4.69) is 29.4 Å². The number of phenolic OH excluding ortho intramolecular Hbond substituents is 2. The fourth-order valence-corrected chi connectivity index (χ4v) is 3.27. The number of nitrogens with zero attached hydrogens (tertiary/aromatic N) is 1. The number of benzene rings is 2. The number of rotatable bonds is 4. The smallest absolute Gasteiger partial charge is 0.227 e. The average molecular weight is 340 g/mol. The summed E-state index contributed by atoms with van der Waals surface area (Å²) >= 11 is 0. The van der Waals surface area contributed by atoms with Gasteiger partial charge in [-0.2, -0.15) is 0 Å². The van der Waals surface area contributed by atoms with Gasteiger partial charge in [0.2, 0.25) is 5.91 Å². The van der Waals surface area contributed by atoms with Crippen molar-refractivity contribution in [2.24, 2.45) is 5.92 Å². The van der Waals surface area contributed by atoms with E-state index in [0.717, 1.165) is 30.6 Å². The van der Waals surface area contributed by atoms with E-state index in [-0.39, 0.29) is 23.3 Å². The number of carbonyl (C=O) groups is 1. The summed E-state index contributed by atoms with van der Waals surface area (Å²) in [5.41, 5.74) is 4.13. The number of phenols is 2. The van der Waals surface area contributed by atoms with Crippen LogP contribution in [0.3, 0.4) is 0 Å². The Kier molecular flexibility index (Phi) is 4.83. The summed E-state index contributed by atoms with van der Waals surface area (Å²) in [6.07, 6.45) is 2.65. The van der Waals surface area contributed by atoms with Crippen LogP contribution in [0.5, 0.6) is 11.5 Å². The first-order valence-corrected chi connectivity index (χ1v) is 8.60. The molecule has 0 aromatic heterocycles. The normalized spacial score (nSPS) is 14.7. The van der Waals surface area contributed by atoms with E-state index in [1.165, 1.54) is 23.4 Å². The van der Waals surface area contributed by atoms with Crippen LogP contribution in [0, 0.1) is 5.92 Å². The lowest BCUT2D eigenvalue weighted by Crippen LogP contribution is -2.25. The second-order valence-electron chi connectivity index (χ2n) is 6.79. The Bertz CT molecular complexity index is 789. The molecular formula is C20H24N2O3. The molecule has 0 bridgehead atoms. The molecule has 1 heterocycles. The van der Waals surface area contributed by atoms with Crippen molar-refractivity contribution in [1.82, 2.24) is 0 Å².